The second-order valence-corrected chi connectivity index (χ2v) is 8.49. The van der Waals surface area contributed by atoms with E-state index in [1.165, 1.54) is 24.1 Å². The molecule has 2 fully saturated rings. The molecule has 1 aliphatic carbocycles. The minimum absolute atomic E-state index is 0. The van der Waals surface area contributed by atoms with Gasteiger partial charge in [-0.25, -0.2) is 0 Å². The zero-order valence-corrected chi connectivity index (χ0v) is 15.2. The number of carbonyl (C=O) groups excluding carboxylic acids is 1. The fourth-order valence-electron chi connectivity index (χ4n) is 3.65. The number of carbonyl (C=O) groups is 1. The molecule has 0 aromatic carbocycles. The van der Waals surface area contributed by atoms with Gasteiger partial charge in [0.2, 0.25) is 5.91 Å². The fraction of sp³-hybridized carbons (Fsp3) is 0.667. The van der Waals surface area contributed by atoms with Gasteiger partial charge in [0.15, 0.2) is 0 Å². The minimum atomic E-state index is -0.117. The molecule has 0 unspecified atom stereocenters. The standard InChI is InChI=1S/C15H21BrN2OS.ClH/c16-13-5-4-12(20-13)6-8-18-14(19)15-7-2-1-3-11(15)9-17-10-15;/h4-5,11,17H,1-3,6-10H2,(H,18,19);1H/t11-,15+;/m0./s1. The van der Waals surface area contributed by atoms with Crippen LogP contribution in [-0.4, -0.2) is 25.5 Å². The Morgan fingerprint density at radius 3 is 3.10 bits per heavy atom. The summed E-state index contributed by atoms with van der Waals surface area (Å²) < 4.78 is 1.16. The molecule has 0 radical (unpaired) electrons. The summed E-state index contributed by atoms with van der Waals surface area (Å²) in [5.74, 6) is 0.829. The van der Waals surface area contributed by atoms with Gasteiger partial charge in [-0.15, -0.1) is 23.7 Å². The minimum Gasteiger partial charge on any atom is -0.355 e. The highest BCUT2D eigenvalue weighted by Crippen LogP contribution is 2.43. The van der Waals surface area contributed by atoms with Crippen molar-refractivity contribution in [2.24, 2.45) is 11.3 Å². The maximum absolute atomic E-state index is 12.6. The van der Waals surface area contributed by atoms with E-state index in [0.717, 1.165) is 36.3 Å². The lowest BCUT2D eigenvalue weighted by Crippen LogP contribution is -2.48. The largest absolute Gasteiger partial charge is 0.355 e. The van der Waals surface area contributed by atoms with Gasteiger partial charge in [-0.3, -0.25) is 4.79 Å². The van der Waals surface area contributed by atoms with Crippen molar-refractivity contribution in [3.05, 3.63) is 20.8 Å². The highest BCUT2D eigenvalue weighted by Gasteiger charge is 2.49. The third kappa shape index (κ3) is 3.63. The van der Waals surface area contributed by atoms with Gasteiger partial charge >= 0.3 is 0 Å². The number of rotatable bonds is 4. The van der Waals surface area contributed by atoms with Crippen molar-refractivity contribution in [2.75, 3.05) is 19.6 Å². The Labute approximate surface area is 144 Å². The van der Waals surface area contributed by atoms with Crippen molar-refractivity contribution < 1.29 is 4.79 Å². The predicted molar refractivity (Wildman–Crippen MR) is 93.2 cm³/mol. The number of hydrogen-bond donors (Lipinski definition) is 2. The number of amides is 1. The molecule has 1 amide bonds. The summed E-state index contributed by atoms with van der Waals surface area (Å²) >= 11 is 5.22. The molecule has 118 valence electrons. The predicted octanol–water partition coefficient (Wildman–Crippen LogP) is 3.37. The van der Waals surface area contributed by atoms with Gasteiger partial charge in [0.1, 0.15) is 0 Å². The lowest BCUT2D eigenvalue weighted by molar-refractivity contribution is -0.133. The molecular formula is C15H22BrClN2OS. The monoisotopic (exact) mass is 392 g/mol. The topological polar surface area (TPSA) is 41.1 Å². The summed E-state index contributed by atoms with van der Waals surface area (Å²) in [6, 6.07) is 4.19. The second-order valence-electron chi connectivity index (χ2n) is 5.94. The van der Waals surface area contributed by atoms with E-state index in [1.54, 1.807) is 11.3 Å². The quantitative estimate of drug-likeness (QED) is 0.823. The van der Waals surface area contributed by atoms with Crippen molar-refractivity contribution >= 4 is 45.6 Å². The summed E-state index contributed by atoms with van der Waals surface area (Å²) in [4.78, 5) is 14.0. The molecular weight excluding hydrogens is 372 g/mol. The van der Waals surface area contributed by atoms with Crippen molar-refractivity contribution in [1.82, 2.24) is 10.6 Å². The van der Waals surface area contributed by atoms with Crippen LogP contribution < -0.4 is 10.6 Å². The van der Waals surface area contributed by atoms with Crippen LogP contribution in [0.15, 0.2) is 15.9 Å². The zero-order valence-electron chi connectivity index (χ0n) is 12.0. The summed E-state index contributed by atoms with van der Waals surface area (Å²) in [5.41, 5.74) is -0.117. The number of fused-ring (bicyclic) bond motifs is 1. The molecule has 1 aromatic heterocycles. The first-order valence-corrected chi connectivity index (χ1v) is 9.05. The van der Waals surface area contributed by atoms with Crippen LogP contribution >= 0.6 is 39.7 Å². The van der Waals surface area contributed by atoms with Gasteiger partial charge in [-0.05, 0) is 59.8 Å². The highest BCUT2D eigenvalue weighted by atomic mass is 79.9. The lowest BCUT2D eigenvalue weighted by atomic mass is 9.67. The summed E-state index contributed by atoms with van der Waals surface area (Å²) in [7, 11) is 0. The Morgan fingerprint density at radius 1 is 1.48 bits per heavy atom. The first kappa shape index (κ1) is 17.3. The smallest absolute Gasteiger partial charge is 0.227 e. The van der Waals surface area contributed by atoms with Gasteiger partial charge in [-0.2, -0.15) is 0 Å². The van der Waals surface area contributed by atoms with Gasteiger partial charge in [0.25, 0.3) is 0 Å². The van der Waals surface area contributed by atoms with Crippen LogP contribution in [0.25, 0.3) is 0 Å². The van der Waals surface area contributed by atoms with Crippen LogP contribution in [0, 0.1) is 11.3 Å². The summed E-state index contributed by atoms with van der Waals surface area (Å²) in [6.07, 6.45) is 5.67. The molecule has 2 N–H and O–H groups in total. The van der Waals surface area contributed by atoms with Gasteiger partial charge in [0.05, 0.1) is 9.20 Å². The molecule has 2 heterocycles. The molecule has 2 atom stereocenters. The SMILES string of the molecule is Cl.O=C(NCCc1ccc(Br)s1)[C@@]12CCCC[C@H]1CNC2. The maximum Gasteiger partial charge on any atom is 0.227 e. The molecule has 3 nitrogen and oxygen atoms in total. The molecule has 0 spiro atoms. The Morgan fingerprint density at radius 2 is 2.33 bits per heavy atom. The van der Waals surface area contributed by atoms with Crippen LogP contribution in [0.1, 0.15) is 30.6 Å². The zero-order chi connectivity index (χ0) is 14.0. The maximum atomic E-state index is 12.6. The Bertz CT molecular complexity index is 496. The first-order valence-electron chi connectivity index (χ1n) is 7.44. The molecule has 1 aliphatic heterocycles. The number of halogens is 2. The number of hydrogen-bond acceptors (Lipinski definition) is 3. The van der Waals surface area contributed by atoms with Crippen LogP contribution in [-0.2, 0) is 11.2 Å². The van der Waals surface area contributed by atoms with Crippen molar-refractivity contribution in [3.63, 3.8) is 0 Å². The molecule has 2 aliphatic rings. The molecule has 6 heteroatoms. The molecule has 1 aromatic rings. The molecule has 3 rings (SSSR count). The summed E-state index contributed by atoms with van der Waals surface area (Å²) in [5, 5.41) is 6.62. The second kappa shape index (κ2) is 7.44. The van der Waals surface area contributed by atoms with Gasteiger partial charge in [0, 0.05) is 18.0 Å². The number of thiophene rings is 1. The van der Waals surface area contributed by atoms with Crippen LogP contribution in [0.5, 0.6) is 0 Å². The van der Waals surface area contributed by atoms with E-state index in [2.05, 4.69) is 38.7 Å². The Kier molecular flexibility index (Phi) is 6.12. The molecule has 21 heavy (non-hydrogen) atoms. The van der Waals surface area contributed by atoms with E-state index in [4.69, 9.17) is 0 Å². The van der Waals surface area contributed by atoms with E-state index in [0.29, 0.717) is 5.92 Å². The summed E-state index contributed by atoms with van der Waals surface area (Å²) in [6.45, 7) is 2.64. The average Bonchev–Trinajstić information content (AvgIpc) is 3.05. The van der Waals surface area contributed by atoms with E-state index >= 15 is 0 Å². The van der Waals surface area contributed by atoms with E-state index < -0.39 is 0 Å². The van der Waals surface area contributed by atoms with E-state index in [-0.39, 0.29) is 23.7 Å². The van der Waals surface area contributed by atoms with Gasteiger partial charge < -0.3 is 10.6 Å². The fourth-order valence-corrected chi connectivity index (χ4v) is 5.13. The average molecular weight is 394 g/mol. The van der Waals surface area contributed by atoms with Crippen molar-refractivity contribution in [1.29, 1.82) is 0 Å². The van der Waals surface area contributed by atoms with Crippen LogP contribution in [0.2, 0.25) is 0 Å². The van der Waals surface area contributed by atoms with Crippen molar-refractivity contribution in [3.8, 4) is 0 Å². The first-order chi connectivity index (χ1) is 9.71. The number of nitrogens with one attached hydrogen (secondary N) is 2. The normalized spacial score (nSPS) is 27.8. The Balaban J connectivity index is 0.00000161. The molecule has 0 bridgehead atoms. The molecule has 1 saturated heterocycles. The lowest BCUT2D eigenvalue weighted by Gasteiger charge is -2.37. The third-order valence-corrected chi connectivity index (χ3v) is 6.46. The van der Waals surface area contributed by atoms with Crippen LogP contribution in [0.3, 0.4) is 0 Å². The highest BCUT2D eigenvalue weighted by molar-refractivity contribution is 9.11. The van der Waals surface area contributed by atoms with E-state index in [9.17, 15) is 4.79 Å². The van der Waals surface area contributed by atoms with Crippen molar-refractivity contribution in [2.45, 2.75) is 32.1 Å². The van der Waals surface area contributed by atoms with Crippen LogP contribution in [0.4, 0.5) is 0 Å². The third-order valence-electron chi connectivity index (χ3n) is 4.78. The van der Waals surface area contributed by atoms with Gasteiger partial charge in [-0.1, -0.05) is 12.8 Å². The Hall–Kier alpha value is -0.100. The van der Waals surface area contributed by atoms with E-state index in [1.807, 2.05) is 0 Å². The molecule has 1 saturated carbocycles.